The second-order valence-corrected chi connectivity index (χ2v) is 11.0. The molecule has 1 aromatic heterocycles. The van der Waals surface area contributed by atoms with E-state index in [1.54, 1.807) is 24.3 Å². The van der Waals surface area contributed by atoms with E-state index in [1.165, 1.54) is 41.5 Å². The number of hydrogen-bond donors (Lipinski definition) is 0. The number of nitrogens with zero attached hydrogens (tertiary/aromatic N) is 2. The van der Waals surface area contributed by atoms with Crippen molar-refractivity contribution < 1.29 is 22.0 Å². The van der Waals surface area contributed by atoms with Crippen LogP contribution in [-0.2, 0) is 27.9 Å². The Morgan fingerprint density at radius 1 is 1.06 bits per heavy atom. The average molecular weight is 527 g/mol. The zero-order valence-corrected chi connectivity index (χ0v) is 21.1. The highest BCUT2D eigenvalue weighted by Crippen LogP contribution is 2.28. The van der Waals surface area contributed by atoms with Gasteiger partial charge in [-0.2, -0.15) is 4.31 Å². The van der Waals surface area contributed by atoms with E-state index >= 15 is 0 Å². The summed E-state index contributed by atoms with van der Waals surface area (Å²) in [7, 11) is -4.12. The smallest absolute Gasteiger partial charge is 0.245 e. The second kappa shape index (κ2) is 11.4. The van der Waals surface area contributed by atoms with Crippen LogP contribution in [0.3, 0.4) is 0 Å². The van der Waals surface area contributed by atoms with Crippen LogP contribution in [0.15, 0.2) is 70.2 Å². The Balaban J connectivity index is 1.91. The highest BCUT2D eigenvalue weighted by atomic mass is 35.5. The van der Waals surface area contributed by atoms with Crippen LogP contribution >= 0.6 is 23.2 Å². The maximum absolute atomic E-state index is 13.5. The molecule has 2 aromatic carbocycles. The quantitative estimate of drug-likeness (QED) is 0.344. The van der Waals surface area contributed by atoms with E-state index in [1.807, 2.05) is 13.8 Å². The van der Waals surface area contributed by atoms with Crippen molar-refractivity contribution in [2.24, 2.45) is 5.92 Å². The van der Waals surface area contributed by atoms with Crippen molar-refractivity contribution in [3.8, 4) is 0 Å². The fraction of sp³-hybridized carbons (Fsp3) is 0.292. The monoisotopic (exact) mass is 526 g/mol. The van der Waals surface area contributed by atoms with Crippen LogP contribution in [0.4, 0.5) is 4.39 Å². The van der Waals surface area contributed by atoms with Gasteiger partial charge >= 0.3 is 0 Å². The van der Waals surface area contributed by atoms with Crippen LogP contribution in [0.5, 0.6) is 0 Å². The predicted molar refractivity (Wildman–Crippen MR) is 129 cm³/mol. The summed E-state index contributed by atoms with van der Waals surface area (Å²) < 4.78 is 46.8. The molecule has 0 aliphatic carbocycles. The van der Waals surface area contributed by atoms with Gasteiger partial charge in [0.05, 0.1) is 24.4 Å². The number of furan rings is 1. The van der Waals surface area contributed by atoms with Gasteiger partial charge in [0.1, 0.15) is 16.5 Å². The molecule has 182 valence electrons. The zero-order chi connectivity index (χ0) is 24.9. The molecule has 0 radical (unpaired) electrons. The summed E-state index contributed by atoms with van der Waals surface area (Å²) in [6, 6.07) is 13.4. The fourth-order valence-corrected chi connectivity index (χ4v) is 5.64. The molecule has 3 aromatic rings. The largest absolute Gasteiger partial charge is 0.467 e. The van der Waals surface area contributed by atoms with Crippen LogP contribution < -0.4 is 0 Å². The van der Waals surface area contributed by atoms with Crippen molar-refractivity contribution in [2.45, 2.75) is 31.8 Å². The van der Waals surface area contributed by atoms with Crippen molar-refractivity contribution >= 4 is 39.1 Å². The van der Waals surface area contributed by atoms with Crippen molar-refractivity contribution in [3.05, 3.63) is 88.0 Å². The van der Waals surface area contributed by atoms with E-state index in [0.29, 0.717) is 11.3 Å². The van der Waals surface area contributed by atoms with Crippen molar-refractivity contribution in [1.82, 2.24) is 9.21 Å². The molecule has 0 spiro atoms. The van der Waals surface area contributed by atoms with E-state index in [2.05, 4.69) is 0 Å². The number of amides is 1. The Kier molecular flexibility index (Phi) is 8.76. The molecular formula is C24H25Cl2FN2O4S. The first-order chi connectivity index (χ1) is 16.1. The molecule has 6 nitrogen and oxygen atoms in total. The lowest BCUT2D eigenvalue weighted by Gasteiger charge is -2.28. The van der Waals surface area contributed by atoms with Gasteiger partial charge in [-0.3, -0.25) is 4.79 Å². The average Bonchev–Trinajstić information content (AvgIpc) is 3.28. The number of carbonyl (C=O) groups is 1. The first-order valence-corrected chi connectivity index (χ1v) is 12.8. The zero-order valence-electron chi connectivity index (χ0n) is 18.7. The molecule has 10 heteroatoms. The van der Waals surface area contributed by atoms with Gasteiger partial charge in [0, 0.05) is 18.1 Å². The number of halogens is 3. The summed E-state index contributed by atoms with van der Waals surface area (Å²) >= 11 is 12.2. The molecule has 0 N–H and O–H groups in total. The summed E-state index contributed by atoms with van der Waals surface area (Å²) in [6.07, 6.45) is 1.49. The molecule has 0 aliphatic heterocycles. The Labute approximate surface area is 208 Å². The van der Waals surface area contributed by atoms with Gasteiger partial charge in [-0.05, 0) is 53.9 Å². The number of rotatable bonds is 10. The summed E-state index contributed by atoms with van der Waals surface area (Å²) in [4.78, 5) is 14.7. The standard InChI is InChI=1S/C24H25Cl2FN2O4S/c1-17(2)13-29(34(31,32)23-12-19(25)7-10-22(23)26)16-24(30)28(15-21-4-3-11-33-21)14-18-5-8-20(27)9-6-18/h3-12,17H,13-16H2,1-2H3. The number of sulfonamides is 1. The topological polar surface area (TPSA) is 70.8 Å². The molecule has 1 amide bonds. The van der Waals surface area contributed by atoms with E-state index in [9.17, 15) is 17.6 Å². The van der Waals surface area contributed by atoms with E-state index in [4.69, 9.17) is 27.6 Å². The molecule has 1 heterocycles. The second-order valence-electron chi connectivity index (χ2n) is 8.22. The Morgan fingerprint density at radius 2 is 1.76 bits per heavy atom. The van der Waals surface area contributed by atoms with Gasteiger partial charge in [0.2, 0.25) is 15.9 Å². The van der Waals surface area contributed by atoms with Crippen molar-refractivity contribution in [3.63, 3.8) is 0 Å². The SMILES string of the molecule is CC(C)CN(CC(=O)N(Cc1ccc(F)cc1)Cc1ccco1)S(=O)(=O)c1cc(Cl)ccc1Cl. The molecule has 0 saturated carbocycles. The number of hydrogen-bond acceptors (Lipinski definition) is 4. The van der Waals surface area contributed by atoms with E-state index in [-0.39, 0.29) is 46.3 Å². The number of benzene rings is 2. The highest BCUT2D eigenvalue weighted by Gasteiger charge is 2.31. The third-order valence-electron chi connectivity index (χ3n) is 4.96. The maximum atomic E-state index is 13.5. The third-order valence-corrected chi connectivity index (χ3v) is 7.49. The van der Waals surface area contributed by atoms with Gasteiger partial charge in [-0.25, -0.2) is 12.8 Å². The first kappa shape index (κ1) is 26.2. The summed E-state index contributed by atoms with van der Waals surface area (Å²) in [6.45, 7) is 3.66. The molecule has 0 unspecified atom stereocenters. The lowest BCUT2D eigenvalue weighted by atomic mass is 10.2. The van der Waals surface area contributed by atoms with Crippen molar-refractivity contribution in [2.75, 3.05) is 13.1 Å². The molecule has 0 bridgehead atoms. The van der Waals surface area contributed by atoms with Gasteiger partial charge in [-0.15, -0.1) is 0 Å². The molecule has 0 saturated heterocycles. The molecule has 3 rings (SSSR count). The van der Waals surface area contributed by atoms with Crippen LogP contribution in [0.25, 0.3) is 0 Å². The summed E-state index contributed by atoms with van der Waals surface area (Å²) in [5, 5.41) is 0.235. The fourth-order valence-electron chi connectivity index (χ4n) is 3.35. The lowest BCUT2D eigenvalue weighted by molar-refractivity contribution is -0.133. The number of carbonyl (C=O) groups excluding carboxylic acids is 1. The normalized spacial score (nSPS) is 11.9. The van der Waals surface area contributed by atoms with Gasteiger partial charge in [-0.1, -0.05) is 49.2 Å². The maximum Gasteiger partial charge on any atom is 0.245 e. The highest BCUT2D eigenvalue weighted by molar-refractivity contribution is 7.89. The predicted octanol–water partition coefficient (Wildman–Crippen LogP) is 5.60. The Hall–Kier alpha value is -2.39. The van der Waals surface area contributed by atoms with Gasteiger partial charge in [0.15, 0.2) is 0 Å². The summed E-state index contributed by atoms with van der Waals surface area (Å²) in [5.41, 5.74) is 0.692. The van der Waals surface area contributed by atoms with E-state index in [0.717, 1.165) is 4.31 Å². The molecule has 34 heavy (non-hydrogen) atoms. The molecular weight excluding hydrogens is 502 g/mol. The van der Waals surface area contributed by atoms with Crippen LogP contribution in [0.1, 0.15) is 25.2 Å². The minimum Gasteiger partial charge on any atom is -0.467 e. The summed E-state index contributed by atoms with van der Waals surface area (Å²) in [5.74, 6) is -0.355. The lowest BCUT2D eigenvalue weighted by Crippen LogP contribution is -2.43. The Bertz CT molecular complexity index is 1220. The third kappa shape index (κ3) is 6.82. The van der Waals surface area contributed by atoms with Crippen LogP contribution in [0.2, 0.25) is 10.0 Å². The minimum absolute atomic E-state index is 0.0179. The first-order valence-electron chi connectivity index (χ1n) is 10.6. The minimum atomic E-state index is -4.12. The van der Waals surface area contributed by atoms with Gasteiger partial charge < -0.3 is 9.32 Å². The van der Waals surface area contributed by atoms with Crippen LogP contribution in [-0.4, -0.2) is 36.6 Å². The molecule has 0 aliphatic rings. The van der Waals surface area contributed by atoms with Crippen molar-refractivity contribution in [1.29, 1.82) is 0 Å². The Morgan fingerprint density at radius 3 is 2.38 bits per heavy atom. The molecule has 0 atom stereocenters. The van der Waals surface area contributed by atoms with E-state index < -0.39 is 22.5 Å². The molecule has 0 fully saturated rings. The van der Waals surface area contributed by atoms with Gasteiger partial charge in [0.25, 0.3) is 0 Å². The van der Waals surface area contributed by atoms with Crippen LogP contribution in [0, 0.1) is 11.7 Å².